The summed E-state index contributed by atoms with van der Waals surface area (Å²) in [5, 5.41) is 9.12. The standard InChI is InChI=1S/C15H11ClN2OS/c1-10-2-3-13(6-14(10)16)18-7-12(8-19)15(17-18)11-4-5-20-9-11/h2-9H,1H3. The Balaban J connectivity index is 2.11. The van der Waals surface area contributed by atoms with Crippen molar-refractivity contribution in [2.75, 3.05) is 0 Å². The van der Waals surface area contributed by atoms with Crippen LogP contribution in [0.5, 0.6) is 0 Å². The Morgan fingerprint density at radius 3 is 2.85 bits per heavy atom. The minimum Gasteiger partial charge on any atom is -0.298 e. The molecule has 5 heteroatoms. The van der Waals surface area contributed by atoms with E-state index in [1.807, 2.05) is 41.9 Å². The number of carbonyl (C=O) groups is 1. The second-order valence-electron chi connectivity index (χ2n) is 4.44. The van der Waals surface area contributed by atoms with Crippen LogP contribution in [0.3, 0.4) is 0 Å². The van der Waals surface area contributed by atoms with E-state index in [0.29, 0.717) is 16.3 Å². The largest absolute Gasteiger partial charge is 0.298 e. The summed E-state index contributed by atoms with van der Waals surface area (Å²) in [5.74, 6) is 0. The molecule has 3 rings (SSSR count). The van der Waals surface area contributed by atoms with Crippen LogP contribution in [0.4, 0.5) is 0 Å². The summed E-state index contributed by atoms with van der Waals surface area (Å²) in [6, 6.07) is 7.66. The Kier molecular flexibility index (Phi) is 3.42. The maximum absolute atomic E-state index is 11.2. The molecule has 0 radical (unpaired) electrons. The molecule has 0 saturated heterocycles. The van der Waals surface area contributed by atoms with Gasteiger partial charge in [-0.3, -0.25) is 4.79 Å². The van der Waals surface area contributed by atoms with Gasteiger partial charge in [0.05, 0.1) is 11.3 Å². The molecule has 0 unspecified atom stereocenters. The molecule has 0 fully saturated rings. The molecule has 0 aliphatic heterocycles. The Labute approximate surface area is 125 Å². The predicted octanol–water partition coefficient (Wildman–Crippen LogP) is 4.38. The zero-order chi connectivity index (χ0) is 14.1. The molecule has 0 aliphatic rings. The molecule has 3 aromatic rings. The SMILES string of the molecule is Cc1ccc(-n2cc(C=O)c(-c3ccsc3)n2)cc1Cl. The quantitative estimate of drug-likeness (QED) is 0.673. The summed E-state index contributed by atoms with van der Waals surface area (Å²) < 4.78 is 1.68. The Morgan fingerprint density at radius 2 is 2.20 bits per heavy atom. The van der Waals surface area contributed by atoms with E-state index >= 15 is 0 Å². The van der Waals surface area contributed by atoms with Crippen LogP contribution in [-0.2, 0) is 0 Å². The minimum atomic E-state index is 0.570. The fraction of sp³-hybridized carbons (Fsp3) is 0.0667. The average Bonchev–Trinajstić information content (AvgIpc) is 3.09. The van der Waals surface area contributed by atoms with Crippen LogP contribution in [0.15, 0.2) is 41.2 Å². The number of aryl methyl sites for hydroxylation is 1. The first-order valence-electron chi connectivity index (χ1n) is 6.03. The molecule has 0 amide bonds. The van der Waals surface area contributed by atoms with E-state index in [-0.39, 0.29) is 0 Å². The Morgan fingerprint density at radius 1 is 1.35 bits per heavy atom. The highest BCUT2D eigenvalue weighted by Gasteiger charge is 2.12. The van der Waals surface area contributed by atoms with Gasteiger partial charge in [-0.05, 0) is 36.1 Å². The van der Waals surface area contributed by atoms with Crippen molar-refractivity contribution in [3.05, 3.63) is 57.4 Å². The molecule has 0 atom stereocenters. The van der Waals surface area contributed by atoms with Gasteiger partial charge in [0.25, 0.3) is 0 Å². The lowest BCUT2D eigenvalue weighted by Gasteiger charge is -2.03. The molecule has 1 aromatic carbocycles. The smallest absolute Gasteiger partial charge is 0.153 e. The van der Waals surface area contributed by atoms with Gasteiger partial charge in [-0.2, -0.15) is 16.4 Å². The number of nitrogens with zero attached hydrogens (tertiary/aromatic N) is 2. The monoisotopic (exact) mass is 302 g/mol. The van der Waals surface area contributed by atoms with Gasteiger partial charge in [-0.1, -0.05) is 17.7 Å². The Bertz CT molecular complexity index is 762. The van der Waals surface area contributed by atoms with E-state index < -0.39 is 0 Å². The van der Waals surface area contributed by atoms with Gasteiger partial charge < -0.3 is 0 Å². The van der Waals surface area contributed by atoms with Crippen molar-refractivity contribution >= 4 is 29.2 Å². The van der Waals surface area contributed by atoms with E-state index in [9.17, 15) is 4.79 Å². The number of halogens is 1. The van der Waals surface area contributed by atoms with E-state index in [0.717, 1.165) is 23.1 Å². The first kappa shape index (κ1) is 13.1. The zero-order valence-corrected chi connectivity index (χ0v) is 12.3. The highest BCUT2D eigenvalue weighted by molar-refractivity contribution is 7.08. The van der Waals surface area contributed by atoms with E-state index in [2.05, 4.69) is 5.10 Å². The summed E-state index contributed by atoms with van der Waals surface area (Å²) >= 11 is 7.71. The number of hydrogen-bond acceptors (Lipinski definition) is 3. The summed E-state index contributed by atoms with van der Waals surface area (Å²) in [7, 11) is 0. The summed E-state index contributed by atoms with van der Waals surface area (Å²) in [4.78, 5) is 11.2. The number of benzene rings is 1. The van der Waals surface area contributed by atoms with Crippen LogP contribution < -0.4 is 0 Å². The molecule has 3 nitrogen and oxygen atoms in total. The molecule has 0 aliphatic carbocycles. The highest BCUT2D eigenvalue weighted by atomic mass is 35.5. The van der Waals surface area contributed by atoms with Crippen molar-refractivity contribution in [1.82, 2.24) is 9.78 Å². The van der Waals surface area contributed by atoms with E-state index in [1.165, 1.54) is 0 Å². The second kappa shape index (κ2) is 5.23. The highest BCUT2D eigenvalue weighted by Crippen LogP contribution is 2.26. The fourth-order valence-electron chi connectivity index (χ4n) is 1.95. The topological polar surface area (TPSA) is 34.9 Å². The van der Waals surface area contributed by atoms with Crippen molar-refractivity contribution in [2.24, 2.45) is 0 Å². The first-order valence-corrected chi connectivity index (χ1v) is 7.35. The molecule has 0 saturated carbocycles. The molecule has 0 N–H and O–H groups in total. The van der Waals surface area contributed by atoms with Crippen LogP contribution in [0.1, 0.15) is 15.9 Å². The number of aldehydes is 1. The lowest BCUT2D eigenvalue weighted by molar-refractivity contribution is 0.112. The van der Waals surface area contributed by atoms with Crippen molar-refractivity contribution in [3.63, 3.8) is 0 Å². The van der Waals surface area contributed by atoms with Crippen molar-refractivity contribution < 1.29 is 4.79 Å². The molecule has 20 heavy (non-hydrogen) atoms. The van der Waals surface area contributed by atoms with Crippen molar-refractivity contribution in [3.8, 4) is 16.9 Å². The number of rotatable bonds is 3. The molecular formula is C15H11ClN2OS. The lowest BCUT2D eigenvalue weighted by atomic mass is 10.2. The normalized spacial score (nSPS) is 10.7. The maximum atomic E-state index is 11.2. The van der Waals surface area contributed by atoms with E-state index in [4.69, 9.17) is 11.6 Å². The third kappa shape index (κ3) is 2.28. The van der Waals surface area contributed by atoms with Crippen LogP contribution in [0.2, 0.25) is 5.02 Å². The number of carbonyl (C=O) groups excluding carboxylic acids is 1. The zero-order valence-electron chi connectivity index (χ0n) is 10.7. The Hall–Kier alpha value is -1.91. The molecule has 2 aromatic heterocycles. The average molecular weight is 303 g/mol. The first-order chi connectivity index (χ1) is 9.69. The molecule has 0 bridgehead atoms. The van der Waals surface area contributed by atoms with Crippen molar-refractivity contribution in [2.45, 2.75) is 6.92 Å². The van der Waals surface area contributed by atoms with Gasteiger partial charge >= 0.3 is 0 Å². The summed E-state index contributed by atoms with van der Waals surface area (Å²) in [6.07, 6.45) is 2.55. The fourth-order valence-corrected chi connectivity index (χ4v) is 2.77. The van der Waals surface area contributed by atoms with E-state index in [1.54, 1.807) is 22.2 Å². The number of hydrogen-bond donors (Lipinski definition) is 0. The van der Waals surface area contributed by atoms with Gasteiger partial charge in [0.2, 0.25) is 0 Å². The van der Waals surface area contributed by atoms with Gasteiger partial charge in [0, 0.05) is 22.2 Å². The summed E-state index contributed by atoms with van der Waals surface area (Å²) in [5.41, 5.74) is 4.06. The third-order valence-corrected chi connectivity index (χ3v) is 4.17. The molecule has 100 valence electrons. The van der Waals surface area contributed by atoms with Gasteiger partial charge in [0.15, 0.2) is 6.29 Å². The summed E-state index contributed by atoms with van der Waals surface area (Å²) in [6.45, 7) is 1.95. The molecule has 2 heterocycles. The minimum absolute atomic E-state index is 0.570. The predicted molar refractivity (Wildman–Crippen MR) is 82.0 cm³/mol. The van der Waals surface area contributed by atoms with Crippen LogP contribution >= 0.6 is 22.9 Å². The second-order valence-corrected chi connectivity index (χ2v) is 5.63. The van der Waals surface area contributed by atoms with Gasteiger partial charge in [-0.25, -0.2) is 4.68 Å². The van der Waals surface area contributed by atoms with Crippen molar-refractivity contribution in [1.29, 1.82) is 0 Å². The van der Waals surface area contributed by atoms with Crippen LogP contribution in [0, 0.1) is 6.92 Å². The number of aromatic nitrogens is 2. The van der Waals surface area contributed by atoms with Gasteiger partial charge in [0.1, 0.15) is 5.69 Å². The molecular weight excluding hydrogens is 292 g/mol. The van der Waals surface area contributed by atoms with Crippen LogP contribution in [0.25, 0.3) is 16.9 Å². The van der Waals surface area contributed by atoms with Gasteiger partial charge in [-0.15, -0.1) is 0 Å². The molecule has 0 spiro atoms. The van der Waals surface area contributed by atoms with Crippen LogP contribution in [-0.4, -0.2) is 16.1 Å². The lowest BCUT2D eigenvalue weighted by Crippen LogP contribution is -1.95. The third-order valence-electron chi connectivity index (χ3n) is 3.08. The number of thiophene rings is 1. The maximum Gasteiger partial charge on any atom is 0.153 e.